The molecule has 0 saturated carbocycles. The molecule has 1 aromatic rings. The lowest BCUT2D eigenvalue weighted by Crippen LogP contribution is -1.71. The third kappa shape index (κ3) is 2.09. The predicted molar refractivity (Wildman–Crippen MR) is 45.1 cm³/mol. The van der Waals surface area contributed by atoms with E-state index in [4.69, 9.17) is 16.7 Å². The molecule has 1 N–H and O–H groups in total. The number of benzene rings is 1. The van der Waals surface area contributed by atoms with Gasteiger partial charge in [-0.15, -0.1) is 12.4 Å². The Hall–Kier alpha value is -0.400. The van der Waals surface area contributed by atoms with Crippen LogP contribution in [0.5, 0.6) is 5.75 Å². The summed E-state index contributed by atoms with van der Waals surface area (Å²) in [5.41, 5.74) is 0.900. The second-order valence-corrected chi connectivity index (χ2v) is 2.34. The van der Waals surface area contributed by atoms with Gasteiger partial charge in [0.1, 0.15) is 5.75 Å². The van der Waals surface area contributed by atoms with E-state index in [9.17, 15) is 0 Å². The molecule has 0 aliphatic rings. The summed E-state index contributed by atoms with van der Waals surface area (Å²) in [7, 11) is 0. The number of hydrogen-bond acceptors (Lipinski definition) is 1. The zero-order valence-corrected chi connectivity index (χ0v) is 7.04. The first-order chi connectivity index (χ1) is 4.20. The molecule has 10 heavy (non-hydrogen) atoms. The van der Waals surface area contributed by atoms with Crippen molar-refractivity contribution in [2.45, 2.75) is 6.92 Å². The fourth-order valence-electron chi connectivity index (χ4n) is 0.629. The van der Waals surface area contributed by atoms with Crippen molar-refractivity contribution < 1.29 is 5.11 Å². The van der Waals surface area contributed by atoms with Crippen LogP contribution in [0.15, 0.2) is 18.2 Å². The molecule has 0 heterocycles. The molecular formula is C7H8Cl2O. The second kappa shape index (κ2) is 3.69. The molecule has 3 heteroatoms. The third-order valence-electron chi connectivity index (χ3n) is 1.14. The highest BCUT2D eigenvalue weighted by Gasteiger charge is 1.92. The lowest BCUT2D eigenvalue weighted by molar-refractivity contribution is 0.475. The summed E-state index contributed by atoms with van der Waals surface area (Å²) < 4.78 is 0. The van der Waals surface area contributed by atoms with E-state index in [1.807, 2.05) is 6.92 Å². The Bertz CT molecular complexity index is 223. The van der Waals surface area contributed by atoms with Gasteiger partial charge in [0.05, 0.1) is 0 Å². The van der Waals surface area contributed by atoms with Gasteiger partial charge in [-0.2, -0.15) is 0 Å². The average molecular weight is 179 g/mol. The van der Waals surface area contributed by atoms with Gasteiger partial charge in [0, 0.05) is 5.02 Å². The van der Waals surface area contributed by atoms with Crippen LogP contribution in [-0.2, 0) is 0 Å². The van der Waals surface area contributed by atoms with Crippen LogP contribution in [0.2, 0.25) is 5.02 Å². The van der Waals surface area contributed by atoms with Crippen molar-refractivity contribution in [2.24, 2.45) is 0 Å². The molecule has 1 nitrogen and oxygen atoms in total. The molecule has 0 radical (unpaired) electrons. The molecule has 0 bridgehead atoms. The minimum absolute atomic E-state index is 0. The number of phenols is 1. The van der Waals surface area contributed by atoms with E-state index in [0.29, 0.717) is 5.02 Å². The Balaban J connectivity index is 0.000000810. The van der Waals surface area contributed by atoms with E-state index < -0.39 is 0 Å². The summed E-state index contributed by atoms with van der Waals surface area (Å²) in [6, 6.07) is 4.86. The summed E-state index contributed by atoms with van der Waals surface area (Å²) in [5.74, 6) is 0.261. The van der Waals surface area contributed by atoms with E-state index in [-0.39, 0.29) is 18.2 Å². The molecule has 1 rings (SSSR count). The van der Waals surface area contributed by atoms with Gasteiger partial charge in [0.2, 0.25) is 0 Å². The molecule has 0 aliphatic heterocycles. The maximum atomic E-state index is 8.88. The van der Waals surface area contributed by atoms with Crippen LogP contribution in [0, 0.1) is 6.92 Å². The zero-order chi connectivity index (χ0) is 6.85. The Labute approximate surface area is 71.0 Å². The fraction of sp³-hybridized carbons (Fsp3) is 0.143. The van der Waals surface area contributed by atoms with Gasteiger partial charge in [0.25, 0.3) is 0 Å². The highest BCUT2D eigenvalue weighted by Crippen LogP contribution is 2.19. The molecule has 0 saturated heterocycles. The van der Waals surface area contributed by atoms with E-state index in [2.05, 4.69) is 0 Å². The molecular weight excluding hydrogens is 171 g/mol. The Kier molecular flexibility index (Phi) is 3.54. The van der Waals surface area contributed by atoms with Gasteiger partial charge in [-0.05, 0) is 30.7 Å². The fourth-order valence-corrected chi connectivity index (χ4v) is 0.746. The first kappa shape index (κ1) is 9.60. The van der Waals surface area contributed by atoms with Gasteiger partial charge in [0.15, 0.2) is 0 Å². The monoisotopic (exact) mass is 178 g/mol. The quantitative estimate of drug-likeness (QED) is 0.649. The van der Waals surface area contributed by atoms with Crippen LogP contribution in [0.25, 0.3) is 0 Å². The van der Waals surface area contributed by atoms with Crippen molar-refractivity contribution in [1.29, 1.82) is 0 Å². The van der Waals surface area contributed by atoms with E-state index in [0.717, 1.165) is 5.56 Å². The number of aromatic hydroxyl groups is 1. The highest BCUT2D eigenvalue weighted by atomic mass is 35.5. The van der Waals surface area contributed by atoms with Gasteiger partial charge >= 0.3 is 0 Å². The molecule has 1 aromatic carbocycles. The van der Waals surface area contributed by atoms with Crippen LogP contribution >= 0.6 is 24.0 Å². The first-order valence-electron chi connectivity index (χ1n) is 2.65. The second-order valence-electron chi connectivity index (χ2n) is 1.93. The molecule has 0 atom stereocenters. The van der Waals surface area contributed by atoms with Gasteiger partial charge < -0.3 is 5.11 Å². The zero-order valence-electron chi connectivity index (χ0n) is 5.47. The molecule has 0 aromatic heterocycles. The Morgan fingerprint density at radius 3 is 2.40 bits per heavy atom. The molecule has 0 amide bonds. The van der Waals surface area contributed by atoms with Crippen LogP contribution in [0.3, 0.4) is 0 Å². The van der Waals surface area contributed by atoms with E-state index in [1.165, 1.54) is 0 Å². The number of hydrogen-bond donors (Lipinski definition) is 1. The number of aryl methyl sites for hydroxylation is 1. The van der Waals surface area contributed by atoms with Gasteiger partial charge in [-0.1, -0.05) is 11.6 Å². The van der Waals surface area contributed by atoms with Crippen molar-refractivity contribution >= 4 is 24.0 Å². The largest absolute Gasteiger partial charge is 0.508 e. The van der Waals surface area contributed by atoms with Crippen molar-refractivity contribution in [3.8, 4) is 5.75 Å². The smallest absolute Gasteiger partial charge is 0.115 e. The summed E-state index contributed by atoms with van der Waals surface area (Å²) in [4.78, 5) is 0. The third-order valence-corrected chi connectivity index (χ3v) is 1.57. The predicted octanol–water partition coefficient (Wildman–Crippen LogP) is 2.78. The first-order valence-corrected chi connectivity index (χ1v) is 3.03. The molecule has 0 fully saturated rings. The Morgan fingerprint density at radius 2 is 2.00 bits per heavy atom. The summed E-state index contributed by atoms with van der Waals surface area (Å²) in [6.45, 7) is 1.85. The van der Waals surface area contributed by atoms with Gasteiger partial charge in [-0.25, -0.2) is 0 Å². The summed E-state index contributed by atoms with van der Waals surface area (Å²) >= 11 is 5.67. The number of rotatable bonds is 0. The molecule has 0 unspecified atom stereocenters. The van der Waals surface area contributed by atoms with E-state index >= 15 is 0 Å². The average Bonchev–Trinajstić information content (AvgIpc) is 1.80. The van der Waals surface area contributed by atoms with Crippen molar-refractivity contribution in [1.82, 2.24) is 0 Å². The number of halogens is 2. The maximum Gasteiger partial charge on any atom is 0.115 e. The SMILES string of the molecule is Cc1cc(O)ccc1Cl.Cl. The summed E-state index contributed by atoms with van der Waals surface area (Å²) in [6.07, 6.45) is 0. The maximum absolute atomic E-state index is 8.88. The van der Waals surface area contributed by atoms with Crippen molar-refractivity contribution in [3.05, 3.63) is 28.8 Å². The molecule has 56 valence electrons. The summed E-state index contributed by atoms with van der Waals surface area (Å²) in [5, 5.41) is 9.57. The van der Waals surface area contributed by atoms with Crippen LogP contribution in [0.1, 0.15) is 5.56 Å². The van der Waals surface area contributed by atoms with Crippen molar-refractivity contribution in [3.63, 3.8) is 0 Å². The number of phenolic OH excluding ortho intramolecular Hbond substituents is 1. The lowest BCUT2D eigenvalue weighted by atomic mass is 10.2. The molecule has 0 spiro atoms. The van der Waals surface area contributed by atoms with E-state index in [1.54, 1.807) is 18.2 Å². The van der Waals surface area contributed by atoms with Crippen LogP contribution in [0.4, 0.5) is 0 Å². The normalized spacial score (nSPS) is 8.60. The highest BCUT2D eigenvalue weighted by molar-refractivity contribution is 6.31. The van der Waals surface area contributed by atoms with Crippen LogP contribution in [-0.4, -0.2) is 5.11 Å². The minimum atomic E-state index is 0. The van der Waals surface area contributed by atoms with Gasteiger partial charge in [-0.3, -0.25) is 0 Å². The minimum Gasteiger partial charge on any atom is -0.508 e. The van der Waals surface area contributed by atoms with Crippen molar-refractivity contribution in [2.75, 3.05) is 0 Å². The standard InChI is InChI=1S/C7H7ClO.ClH/c1-5-4-6(9)2-3-7(5)8;/h2-4,9H,1H3;1H. The molecule has 0 aliphatic carbocycles. The topological polar surface area (TPSA) is 20.2 Å². The van der Waals surface area contributed by atoms with Crippen LogP contribution < -0.4 is 0 Å². The Morgan fingerprint density at radius 1 is 1.40 bits per heavy atom. The lowest BCUT2D eigenvalue weighted by Gasteiger charge is -1.95.